The minimum absolute atomic E-state index is 0.0929. The SMILES string of the molecule is CCC1CN(C)c2ccccc2CN1CC(=O)N1CCN(C(C)=O)CC1. The second-order valence-electron chi connectivity index (χ2n) is 7.36. The van der Waals surface area contributed by atoms with Crippen molar-refractivity contribution < 1.29 is 9.59 Å². The van der Waals surface area contributed by atoms with E-state index in [0.29, 0.717) is 38.8 Å². The Labute approximate surface area is 156 Å². The number of likely N-dealkylation sites (N-methyl/N-ethyl adjacent to an activating group) is 1. The third-order valence-corrected chi connectivity index (χ3v) is 5.66. The van der Waals surface area contributed by atoms with Crippen LogP contribution in [0, 0.1) is 0 Å². The van der Waals surface area contributed by atoms with Crippen LogP contribution in [0.25, 0.3) is 0 Å². The van der Waals surface area contributed by atoms with Crippen molar-refractivity contribution in [2.45, 2.75) is 32.9 Å². The van der Waals surface area contributed by atoms with E-state index in [1.54, 1.807) is 6.92 Å². The fraction of sp³-hybridized carbons (Fsp3) is 0.600. The van der Waals surface area contributed by atoms with Crippen molar-refractivity contribution in [2.75, 3.05) is 51.2 Å². The monoisotopic (exact) mass is 358 g/mol. The number of carbonyl (C=O) groups is 2. The molecule has 2 aliphatic rings. The molecular weight excluding hydrogens is 328 g/mol. The lowest BCUT2D eigenvalue weighted by Gasteiger charge is -2.36. The van der Waals surface area contributed by atoms with E-state index >= 15 is 0 Å². The summed E-state index contributed by atoms with van der Waals surface area (Å²) >= 11 is 0. The topological polar surface area (TPSA) is 47.1 Å². The number of benzene rings is 1. The van der Waals surface area contributed by atoms with Crippen LogP contribution >= 0.6 is 0 Å². The Kier molecular flexibility index (Phi) is 5.81. The minimum Gasteiger partial charge on any atom is -0.373 e. The number of anilines is 1. The first-order chi connectivity index (χ1) is 12.5. The number of carbonyl (C=O) groups excluding carboxylic acids is 2. The molecule has 1 fully saturated rings. The van der Waals surface area contributed by atoms with Gasteiger partial charge in [0.2, 0.25) is 11.8 Å². The van der Waals surface area contributed by atoms with Crippen molar-refractivity contribution in [2.24, 2.45) is 0 Å². The third kappa shape index (κ3) is 4.01. The number of fused-ring (bicyclic) bond motifs is 1. The van der Waals surface area contributed by atoms with E-state index in [1.165, 1.54) is 11.3 Å². The van der Waals surface area contributed by atoms with Crippen LogP contribution in [-0.2, 0) is 16.1 Å². The molecule has 0 aliphatic carbocycles. The second-order valence-corrected chi connectivity index (χ2v) is 7.36. The first-order valence-electron chi connectivity index (χ1n) is 9.56. The molecule has 142 valence electrons. The van der Waals surface area contributed by atoms with Crippen LogP contribution in [0.5, 0.6) is 0 Å². The second kappa shape index (κ2) is 8.08. The maximum absolute atomic E-state index is 12.9. The zero-order valence-electron chi connectivity index (χ0n) is 16.1. The highest BCUT2D eigenvalue weighted by atomic mass is 16.2. The molecule has 6 nitrogen and oxygen atoms in total. The number of para-hydroxylation sites is 1. The van der Waals surface area contributed by atoms with Gasteiger partial charge in [-0.2, -0.15) is 0 Å². The van der Waals surface area contributed by atoms with Gasteiger partial charge in [-0.25, -0.2) is 0 Å². The van der Waals surface area contributed by atoms with Crippen LogP contribution in [0.2, 0.25) is 0 Å². The van der Waals surface area contributed by atoms with Crippen LogP contribution < -0.4 is 4.90 Å². The van der Waals surface area contributed by atoms with Crippen LogP contribution in [0.3, 0.4) is 0 Å². The molecule has 0 spiro atoms. The average molecular weight is 358 g/mol. The molecule has 1 saturated heterocycles. The van der Waals surface area contributed by atoms with Crippen molar-refractivity contribution in [3.8, 4) is 0 Å². The van der Waals surface area contributed by atoms with Crippen LogP contribution in [0.1, 0.15) is 25.8 Å². The molecule has 1 aromatic carbocycles. The molecule has 3 rings (SSSR count). The lowest BCUT2D eigenvalue weighted by molar-refractivity contribution is -0.139. The van der Waals surface area contributed by atoms with Gasteiger partial charge < -0.3 is 14.7 Å². The fourth-order valence-corrected chi connectivity index (χ4v) is 4.01. The lowest BCUT2D eigenvalue weighted by atomic mass is 10.1. The minimum atomic E-state index is 0.0929. The van der Waals surface area contributed by atoms with Crippen molar-refractivity contribution in [1.82, 2.24) is 14.7 Å². The molecule has 2 aliphatic heterocycles. The number of hydrogen-bond acceptors (Lipinski definition) is 4. The summed E-state index contributed by atoms with van der Waals surface area (Å²) in [6.45, 7) is 8.52. The molecule has 2 amide bonds. The Morgan fingerprint density at radius 1 is 1.08 bits per heavy atom. The summed E-state index contributed by atoms with van der Waals surface area (Å²) < 4.78 is 0. The third-order valence-electron chi connectivity index (χ3n) is 5.66. The summed E-state index contributed by atoms with van der Waals surface area (Å²) in [5.74, 6) is 0.268. The maximum atomic E-state index is 12.9. The highest BCUT2D eigenvalue weighted by molar-refractivity contribution is 5.79. The van der Waals surface area contributed by atoms with Gasteiger partial charge in [0.1, 0.15) is 0 Å². The van der Waals surface area contributed by atoms with Crippen LogP contribution in [-0.4, -0.2) is 78.9 Å². The first-order valence-corrected chi connectivity index (χ1v) is 9.56. The predicted octanol–water partition coefficient (Wildman–Crippen LogP) is 1.41. The molecule has 2 heterocycles. The molecule has 0 radical (unpaired) electrons. The van der Waals surface area contributed by atoms with E-state index in [4.69, 9.17) is 0 Å². The number of hydrogen-bond donors (Lipinski definition) is 0. The average Bonchev–Trinajstić information content (AvgIpc) is 2.78. The molecular formula is C20H30N4O2. The Bertz CT molecular complexity index is 655. The van der Waals surface area contributed by atoms with E-state index < -0.39 is 0 Å². The Hall–Kier alpha value is -2.08. The van der Waals surface area contributed by atoms with Gasteiger partial charge in [-0.15, -0.1) is 0 Å². The van der Waals surface area contributed by atoms with Crippen molar-refractivity contribution >= 4 is 17.5 Å². The highest BCUT2D eigenvalue weighted by Gasteiger charge is 2.29. The number of rotatable bonds is 3. The predicted molar refractivity (Wildman–Crippen MR) is 103 cm³/mol. The van der Waals surface area contributed by atoms with Gasteiger partial charge in [0, 0.05) is 65.0 Å². The fourth-order valence-electron chi connectivity index (χ4n) is 4.01. The number of nitrogens with zero attached hydrogens (tertiary/aromatic N) is 4. The zero-order valence-corrected chi connectivity index (χ0v) is 16.1. The molecule has 0 N–H and O–H groups in total. The Morgan fingerprint density at radius 3 is 2.38 bits per heavy atom. The summed E-state index contributed by atoms with van der Waals surface area (Å²) in [5, 5.41) is 0. The van der Waals surface area contributed by atoms with Crippen molar-refractivity contribution in [3.05, 3.63) is 29.8 Å². The summed E-state index contributed by atoms with van der Waals surface area (Å²) in [4.78, 5) is 32.7. The van der Waals surface area contributed by atoms with E-state index in [1.807, 2.05) is 9.80 Å². The van der Waals surface area contributed by atoms with Crippen LogP contribution in [0.4, 0.5) is 5.69 Å². The normalized spacial score (nSPS) is 21.3. The van der Waals surface area contributed by atoms with Crippen molar-refractivity contribution in [1.29, 1.82) is 0 Å². The zero-order chi connectivity index (χ0) is 18.7. The van der Waals surface area contributed by atoms with Gasteiger partial charge in [0.15, 0.2) is 0 Å². The lowest BCUT2D eigenvalue weighted by Crippen LogP contribution is -2.53. The van der Waals surface area contributed by atoms with Gasteiger partial charge in [0.05, 0.1) is 6.54 Å². The number of piperazine rings is 1. The molecule has 0 bridgehead atoms. The molecule has 6 heteroatoms. The van der Waals surface area contributed by atoms with Gasteiger partial charge >= 0.3 is 0 Å². The maximum Gasteiger partial charge on any atom is 0.236 e. The molecule has 0 aromatic heterocycles. The van der Waals surface area contributed by atoms with Gasteiger partial charge in [0.25, 0.3) is 0 Å². The van der Waals surface area contributed by atoms with Gasteiger partial charge in [-0.3, -0.25) is 14.5 Å². The van der Waals surface area contributed by atoms with Crippen molar-refractivity contribution in [3.63, 3.8) is 0 Å². The highest BCUT2D eigenvalue weighted by Crippen LogP contribution is 2.27. The van der Waals surface area contributed by atoms with E-state index in [0.717, 1.165) is 19.5 Å². The molecule has 1 aromatic rings. The summed E-state index contributed by atoms with van der Waals surface area (Å²) in [7, 11) is 2.13. The summed E-state index contributed by atoms with van der Waals surface area (Å²) in [6.07, 6.45) is 1.02. The summed E-state index contributed by atoms with van der Waals surface area (Å²) in [6, 6.07) is 8.82. The smallest absolute Gasteiger partial charge is 0.236 e. The molecule has 0 saturated carbocycles. The van der Waals surface area contributed by atoms with E-state index in [-0.39, 0.29) is 11.8 Å². The summed E-state index contributed by atoms with van der Waals surface area (Å²) in [5.41, 5.74) is 2.54. The van der Waals surface area contributed by atoms with Gasteiger partial charge in [-0.05, 0) is 18.1 Å². The molecule has 26 heavy (non-hydrogen) atoms. The molecule has 1 unspecified atom stereocenters. The van der Waals surface area contributed by atoms with E-state index in [2.05, 4.69) is 48.0 Å². The van der Waals surface area contributed by atoms with E-state index in [9.17, 15) is 9.59 Å². The standard InChI is InChI=1S/C20H30N4O2/c1-4-18-14-21(3)19-8-6-5-7-17(19)13-24(18)15-20(26)23-11-9-22(10-12-23)16(2)25/h5-8,18H,4,9-15H2,1-3H3. The first kappa shape index (κ1) is 18.7. The largest absolute Gasteiger partial charge is 0.373 e. The Balaban J connectivity index is 1.67. The quantitative estimate of drug-likeness (QED) is 0.820. The Morgan fingerprint density at radius 2 is 1.73 bits per heavy atom. The number of amides is 2. The van der Waals surface area contributed by atoms with Crippen LogP contribution in [0.15, 0.2) is 24.3 Å². The molecule has 1 atom stereocenters. The van der Waals surface area contributed by atoms with Gasteiger partial charge in [-0.1, -0.05) is 25.1 Å².